The van der Waals surface area contributed by atoms with E-state index in [0.717, 1.165) is 12.1 Å². The number of likely N-dealkylation sites (N-methyl/N-ethyl adjacent to an activating group) is 1. The van der Waals surface area contributed by atoms with Gasteiger partial charge < -0.3 is 10.2 Å². The fraction of sp³-hybridized carbons (Fsp3) is 0.312. The number of rotatable bonds is 6. The molecule has 2 aromatic rings. The number of quaternary nitrogens is 1. The number of carbonyl (C=O) groups is 1. The number of thiophene rings is 1. The van der Waals surface area contributed by atoms with E-state index < -0.39 is 0 Å². The summed E-state index contributed by atoms with van der Waals surface area (Å²) in [5, 5.41) is 7.92. The smallest absolute Gasteiger partial charge is 0.275 e. The first-order valence-corrected chi connectivity index (χ1v) is 8.24. The Bertz CT molecular complexity index is 568. The molecule has 2 atom stereocenters. The van der Waals surface area contributed by atoms with E-state index in [9.17, 15) is 4.79 Å². The summed E-state index contributed by atoms with van der Waals surface area (Å²) in [6, 6.07) is 9.65. The van der Waals surface area contributed by atoms with Gasteiger partial charge in [-0.3, -0.25) is 4.79 Å². The second-order valence-corrected chi connectivity index (χ2v) is 6.50. The van der Waals surface area contributed by atoms with E-state index in [-0.39, 0.29) is 11.9 Å². The molecule has 3 nitrogen and oxygen atoms in total. The minimum absolute atomic E-state index is 0.0104. The molecule has 1 amide bonds. The van der Waals surface area contributed by atoms with E-state index in [1.807, 2.05) is 38.2 Å². The zero-order chi connectivity index (χ0) is 15.2. The Balaban J connectivity index is 1.82. The third-order valence-electron chi connectivity index (χ3n) is 3.30. The number of amides is 1. The number of benzene rings is 1. The summed E-state index contributed by atoms with van der Waals surface area (Å²) in [6.45, 7) is 3.31. The molecule has 0 aliphatic heterocycles. The second-order valence-electron chi connectivity index (χ2n) is 5.28. The van der Waals surface area contributed by atoms with Gasteiger partial charge in [-0.05, 0) is 41.4 Å². The van der Waals surface area contributed by atoms with Gasteiger partial charge in [0.05, 0.1) is 13.1 Å². The summed E-state index contributed by atoms with van der Waals surface area (Å²) in [5.74, 6) is 0.0604. The van der Waals surface area contributed by atoms with Crippen molar-refractivity contribution in [1.82, 2.24) is 5.32 Å². The van der Waals surface area contributed by atoms with Crippen molar-refractivity contribution in [2.75, 3.05) is 13.6 Å². The molecule has 2 N–H and O–H groups in total. The predicted octanol–water partition coefficient (Wildman–Crippen LogP) is 2.29. The molecule has 0 saturated carbocycles. The highest BCUT2D eigenvalue weighted by Gasteiger charge is 2.14. The van der Waals surface area contributed by atoms with Crippen LogP contribution in [0.15, 0.2) is 41.1 Å². The Morgan fingerprint density at radius 1 is 1.33 bits per heavy atom. The van der Waals surface area contributed by atoms with Crippen LogP contribution in [-0.4, -0.2) is 19.5 Å². The normalized spacial score (nSPS) is 13.7. The zero-order valence-electron chi connectivity index (χ0n) is 12.2. The first-order chi connectivity index (χ1) is 10.0. The molecule has 0 aliphatic carbocycles. The number of halogens is 1. The van der Waals surface area contributed by atoms with Gasteiger partial charge in [0.2, 0.25) is 0 Å². The number of hydrogen-bond acceptors (Lipinski definition) is 2. The van der Waals surface area contributed by atoms with E-state index in [4.69, 9.17) is 11.6 Å². The maximum Gasteiger partial charge on any atom is 0.275 e. The molecule has 0 spiro atoms. The van der Waals surface area contributed by atoms with Crippen LogP contribution in [0, 0.1) is 0 Å². The second kappa shape index (κ2) is 7.59. The Morgan fingerprint density at radius 3 is 2.67 bits per heavy atom. The van der Waals surface area contributed by atoms with E-state index in [1.54, 1.807) is 11.3 Å². The van der Waals surface area contributed by atoms with Crippen LogP contribution in [0.4, 0.5) is 0 Å². The fourth-order valence-corrected chi connectivity index (χ4v) is 3.00. The lowest BCUT2D eigenvalue weighted by molar-refractivity contribution is -0.885. The molecule has 0 bridgehead atoms. The standard InChI is InChI=1S/C16H19ClN2OS/c1-12(14-3-5-15(17)6-4-14)18-16(20)10-19(2)9-13-7-8-21-11-13/h3-8,11-12H,9-10H2,1-2H3,(H,18,20)/p+1/t12-/m1/s1. The average molecular weight is 324 g/mol. The predicted molar refractivity (Wildman–Crippen MR) is 87.8 cm³/mol. The lowest BCUT2D eigenvalue weighted by Gasteiger charge is -2.17. The van der Waals surface area contributed by atoms with Gasteiger partial charge in [-0.25, -0.2) is 0 Å². The van der Waals surface area contributed by atoms with Crippen LogP contribution < -0.4 is 10.2 Å². The van der Waals surface area contributed by atoms with Crippen molar-refractivity contribution in [3.05, 3.63) is 57.2 Å². The van der Waals surface area contributed by atoms with Gasteiger partial charge in [-0.2, -0.15) is 11.3 Å². The van der Waals surface area contributed by atoms with Crippen LogP contribution >= 0.6 is 22.9 Å². The molecule has 112 valence electrons. The Kier molecular flexibility index (Phi) is 5.79. The third-order valence-corrected chi connectivity index (χ3v) is 4.28. The molecule has 0 saturated heterocycles. The molecule has 1 aromatic carbocycles. The van der Waals surface area contributed by atoms with Crippen molar-refractivity contribution in [1.29, 1.82) is 0 Å². The number of hydrogen-bond donors (Lipinski definition) is 2. The molecular formula is C16H20ClN2OS+. The summed E-state index contributed by atoms with van der Waals surface area (Å²) in [5.41, 5.74) is 2.33. The van der Waals surface area contributed by atoms with E-state index in [0.29, 0.717) is 11.6 Å². The van der Waals surface area contributed by atoms with E-state index in [1.165, 1.54) is 10.5 Å². The first-order valence-electron chi connectivity index (χ1n) is 6.92. The van der Waals surface area contributed by atoms with Gasteiger partial charge in [-0.1, -0.05) is 23.7 Å². The average Bonchev–Trinajstić information content (AvgIpc) is 2.91. The number of nitrogens with one attached hydrogen (secondary N) is 2. The van der Waals surface area contributed by atoms with Gasteiger partial charge in [0, 0.05) is 10.6 Å². The quantitative estimate of drug-likeness (QED) is 0.840. The number of carbonyl (C=O) groups excluding carboxylic acids is 1. The molecule has 0 radical (unpaired) electrons. The van der Waals surface area contributed by atoms with Gasteiger partial charge >= 0.3 is 0 Å². The maximum absolute atomic E-state index is 12.1. The summed E-state index contributed by atoms with van der Waals surface area (Å²) in [4.78, 5) is 13.3. The highest BCUT2D eigenvalue weighted by molar-refractivity contribution is 7.07. The van der Waals surface area contributed by atoms with Gasteiger partial charge in [0.15, 0.2) is 6.54 Å². The van der Waals surface area contributed by atoms with Crippen molar-refractivity contribution in [2.45, 2.75) is 19.5 Å². The van der Waals surface area contributed by atoms with Crippen LogP contribution in [0.1, 0.15) is 24.1 Å². The lowest BCUT2D eigenvalue weighted by Crippen LogP contribution is -3.08. The maximum atomic E-state index is 12.1. The molecule has 0 fully saturated rings. The molecule has 1 aromatic heterocycles. The topological polar surface area (TPSA) is 33.5 Å². The summed E-state index contributed by atoms with van der Waals surface area (Å²) < 4.78 is 0. The largest absolute Gasteiger partial charge is 0.345 e. The zero-order valence-corrected chi connectivity index (χ0v) is 13.8. The van der Waals surface area contributed by atoms with Crippen LogP contribution in [-0.2, 0) is 11.3 Å². The molecule has 5 heteroatoms. The summed E-state index contributed by atoms with van der Waals surface area (Å²) in [6.07, 6.45) is 0. The van der Waals surface area contributed by atoms with Gasteiger partial charge in [0.25, 0.3) is 5.91 Å². The van der Waals surface area contributed by atoms with Gasteiger partial charge in [-0.15, -0.1) is 0 Å². The summed E-state index contributed by atoms with van der Waals surface area (Å²) in [7, 11) is 2.03. The first kappa shape index (κ1) is 16.0. The SMILES string of the molecule is C[C@@H](NC(=O)C[NH+](C)Cc1ccsc1)c1ccc(Cl)cc1. The van der Waals surface area contributed by atoms with Crippen molar-refractivity contribution < 1.29 is 9.69 Å². The highest BCUT2D eigenvalue weighted by Crippen LogP contribution is 2.15. The minimum atomic E-state index is -0.0104. The van der Waals surface area contributed by atoms with Crippen LogP contribution in [0.3, 0.4) is 0 Å². The Labute approximate surface area is 134 Å². The van der Waals surface area contributed by atoms with E-state index in [2.05, 4.69) is 22.1 Å². The van der Waals surface area contributed by atoms with E-state index >= 15 is 0 Å². The lowest BCUT2D eigenvalue weighted by atomic mass is 10.1. The molecule has 1 heterocycles. The van der Waals surface area contributed by atoms with Crippen LogP contribution in [0.25, 0.3) is 0 Å². The van der Waals surface area contributed by atoms with Crippen molar-refractivity contribution in [2.24, 2.45) is 0 Å². The van der Waals surface area contributed by atoms with Crippen LogP contribution in [0.5, 0.6) is 0 Å². The monoisotopic (exact) mass is 323 g/mol. The Hall–Kier alpha value is -1.36. The van der Waals surface area contributed by atoms with Gasteiger partial charge in [0.1, 0.15) is 6.54 Å². The molecular weight excluding hydrogens is 304 g/mol. The van der Waals surface area contributed by atoms with Crippen molar-refractivity contribution in [3.8, 4) is 0 Å². The third kappa shape index (κ3) is 5.16. The molecule has 2 rings (SSSR count). The van der Waals surface area contributed by atoms with Crippen molar-refractivity contribution >= 4 is 28.8 Å². The fourth-order valence-electron chi connectivity index (χ4n) is 2.21. The highest BCUT2D eigenvalue weighted by atomic mass is 35.5. The van der Waals surface area contributed by atoms with Crippen LogP contribution in [0.2, 0.25) is 5.02 Å². The minimum Gasteiger partial charge on any atom is -0.345 e. The van der Waals surface area contributed by atoms with Crippen molar-refractivity contribution in [3.63, 3.8) is 0 Å². The summed E-state index contributed by atoms with van der Waals surface area (Å²) >= 11 is 7.55. The molecule has 21 heavy (non-hydrogen) atoms. The molecule has 1 unspecified atom stereocenters. The molecule has 0 aliphatic rings. The Morgan fingerprint density at radius 2 is 2.05 bits per heavy atom.